The minimum absolute atomic E-state index is 0.0451. The fraction of sp³-hybridized carbons (Fsp3) is 0.650. The van der Waals surface area contributed by atoms with Gasteiger partial charge in [-0.2, -0.15) is 0 Å². The van der Waals surface area contributed by atoms with E-state index in [0.717, 1.165) is 49.8 Å². The van der Waals surface area contributed by atoms with Gasteiger partial charge >= 0.3 is 0 Å². The van der Waals surface area contributed by atoms with E-state index in [9.17, 15) is 4.79 Å². The molecule has 2 aromatic rings. The second-order valence-electron chi connectivity index (χ2n) is 7.90. The quantitative estimate of drug-likeness (QED) is 0.916. The van der Waals surface area contributed by atoms with Crippen LogP contribution in [0.4, 0.5) is 5.95 Å². The van der Waals surface area contributed by atoms with E-state index in [-0.39, 0.29) is 11.8 Å². The molecule has 1 unspecified atom stereocenters. The van der Waals surface area contributed by atoms with E-state index >= 15 is 0 Å². The van der Waals surface area contributed by atoms with Gasteiger partial charge in [-0.25, -0.2) is 0 Å². The number of fused-ring (bicyclic) bond motifs is 1. The van der Waals surface area contributed by atoms with E-state index in [1.165, 1.54) is 32.1 Å². The largest absolute Gasteiger partial charge is 0.356 e. The van der Waals surface area contributed by atoms with Crippen molar-refractivity contribution in [2.24, 2.45) is 11.8 Å². The van der Waals surface area contributed by atoms with Gasteiger partial charge in [0.25, 0.3) is 0 Å². The normalized spacial score (nSPS) is 21.9. The number of amides is 1. The van der Waals surface area contributed by atoms with Crippen LogP contribution in [0.5, 0.6) is 0 Å². The first kappa shape index (κ1) is 17.3. The number of aromatic nitrogens is 3. The third kappa shape index (κ3) is 3.55. The summed E-state index contributed by atoms with van der Waals surface area (Å²) in [5.74, 6) is 1.80. The molecule has 1 amide bonds. The van der Waals surface area contributed by atoms with Crippen LogP contribution in [0.3, 0.4) is 0 Å². The molecular weight excluding hydrogens is 326 g/mol. The number of hydrogen-bond donors (Lipinski definition) is 1. The summed E-state index contributed by atoms with van der Waals surface area (Å²) in [6.45, 7) is 4.58. The fourth-order valence-electron chi connectivity index (χ4n) is 4.44. The van der Waals surface area contributed by atoms with Crippen LogP contribution in [0.2, 0.25) is 0 Å². The van der Waals surface area contributed by atoms with Gasteiger partial charge in [0.2, 0.25) is 11.9 Å². The number of piperidine rings is 1. The summed E-state index contributed by atoms with van der Waals surface area (Å²) in [5, 5.41) is 11.9. The monoisotopic (exact) mass is 355 g/mol. The molecule has 1 aliphatic carbocycles. The Kier molecular flexibility index (Phi) is 5.09. The summed E-state index contributed by atoms with van der Waals surface area (Å²) in [6, 6.07) is 6.04. The zero-order chi connectivity index (χ0) is 17.9. The molecule has 2 fully saturated rings. The molecule has 26 heavy (non-hydrogen) atoms. The van der Waals surface area contributed by atoms with Crippen LogP contribution in [0.25, 0.3) is 5.65 Å². The van der Waals surface area contributed by atoms with Crippen LogP contribution in [0.1, 0.15) is 50.6 Å². The molecule has 2 aliphatic rings. The lowest BCUT2D eigenvalue weighted by Crippen LogP contribution is -2.44. The Morgan fingerprint density at radius 2 is 2.00 bits per heavy atom. The lowest BCUT2D eigenvalue weighted by molar-refractivity contribution is -0.125. The molecule has 4 rings (SSSR count). The fourth-order valence-corrected chi connectivity index (χ4v) is 4.44. The van der Waals surface area contributed by atoms with E-state index in [4.69, 9.17) is 0 Å². The van der Waals surface area contributed by atoms with Gasteiger partial charge in [0.15, 0.2) is 5.65 Å². The van der Waals surface area contributed by atoms with Crippen LogP contribution in [-0.2, 0) is 4.79 Å². The third-order valence-electron chi connectivity index (χ3n) is 5.97. The Bertz CT molecular complexity index is 765. The molecule has 6 heteroatoms. The maximum atomic E-state index is 12.7. The first-order valence-electron chi connectivity index (χ1n) is 10.1. The molecule has 3 heterocycles. The van der Waals surface area contributed by atoms with Crippen molar-refractivity contribution in [3.05, 3.63) is 23.9 Å². The number of pyridine rings is 1. The van der Waals surface area contributed by atoms with Gasteiger partial charge in [-0.05, 0) is 50.7 Å². The van der Waals surface area contributed by atoms with Gasteiger partial charge in [-0.3, -0.25) is 9.20 Å². The van der Waals surface area contributed by atoms with Gasteiger partial charge in [-0.15, -0.1) is 10.2 Å². The molecule has 1 saturated heterocycles. The van der Waals surface area contributed by atoms with Crippen molar-refractivity contribution in [3.63, 3.8) is 0 Å². The number of carbonyl (C=O) groups is 1. The van der Waals surface area contributed by atoms with Gasteiger partial charge in [0, 0.05) is 25.3 Å². The van der Waals surface area contributed by atoms with E-state index in [1.54, 1.807) is 0 Å². The second-order valence-corrected chi connectivity index (χ2v) is 7.90. The number of nitrogens with zero attached hydrogens (tertiary/aromatic N) is 4. The van der Waals surface area contributed by atoms with E-state index in [1.807, 2.05) is 12.1 Å². The molecule has 0 aromatic carbocycles. The molecule has 0 radical (unpaired) electrons. The zero-order valence-electron chi connectivity index (χ0n) is 15.7. The van der Waals surface area contributed by atoms with E-state index in [0.29, 0.717) is 5.92 Å². The van der Waals surface area contributed by atoms with Crippen LogP contribution < -0.4 is 10.2 Å². The predicted molar refractivity (Wildman–Crippen MR) is 102 cm³/mol. The van der Waals surface area contributed by atoms with Crippen molar-refractivity contribution >= 4 is 17.5 Å². The first-order valence-corrected chi connectivity index (χ1v) is 10.1. The van der Waals surface area contributed by atoms with Crippen molar-refractivity contribution in [1.82, 2.24) is 19.9 Å². The maximum Gasteiger partial charge on any atom is 0.231 e. The molecule has 1 aliphatic heterocycles. The molecule has 140 valence electrons. The highest BCUT2D eigenvalue weighted by atomic mass is 16.1. The average molecular weight is 355 g/mol. The summed E-state index contributed by atoms with van der Waals surface area (Å²) in [4.78, 5) is 14.9. The predicted octanol–water partition coefficient (Wildman–Crippen LogP) is 2.95. The SMILES string of the molecule is Cc1cccc2nnc(N3CCCC(C(=O)NCC4CCCCC4)C3)n12. The third-order valence-corrected chi connectivity index (χ3v) is 5.97. The Hall–Kier alpha value is -2.11. The second kappa shape index (κ2) is 7.64. The minimum Gasteiger partial charge on any atom is -0.356 e. The van der Waals surface area contributed by atoms with Gasteiger partial charge in [0.1, 0.15) is 0 Å². The first-order chi connectivity index (χ1) is 12.7. The highest BCUT2D eigenvalue weighted by Gasteiger charge is 2.28. The van der Waals surface area contributed by atoms with Crippen molar-refractivity contribution in [2.75, 3.05) is 24.5 Å². The van der Waals surface area contributed by atoms with Crippen LogP contribution in [0, 0.1) is 18.8 Å². The number of anilines is 1. The lowest BCUT2D eigenvalue weighted by atomic mass is 9.89. The van der Waals surface area contributed by atoms with Crippen molar-refractivity contribution in [1.29, 1.82) is 0 Å². The van der Waals surface area contributed by atoms with Crippen LogP contribution in [-0.4, -0.2) is 40.1 Å². The van der Waals surface area contributed by atoms with Gasteiger partial charge in [0.05, 0.1) is 5.92 Å². The highest BCUT2D eigenvalue weighted by molar-refractivity contribution is 5.79. The van der Waals surface area contributed by atoms with Crippen molar-refractivity contribution < 1.29 is 4.79 Å². The zero-order valence-corrected chi connectivity index (χ0v) is 15.7. The summed E-state index contributed by atoms with van der Waals surface area (Å²) in [6.07, 6.45) is 8.50. The molecule has 0 spiro atoms. The molecule has 6 nitrogen and oxygen atoms in total. The van der Waals surface area contributed by atoms with E-state index in [2.05, 4.69) is 37.8 Å². The van der Waals surface area contributed by atoms with Crippen LogP contribution in [0.15, 0.2) is 18.2 Å². The Morgan fingerprint density at radius 1 is 1.15 bits per heavy atom. The molecule has 1 saturated carbocycles. The van der Waals surface area contributed by atoms with Crippen LogP contribution >= 0.6 is 0 Å². The molecule has 1 N–H and O–H groups in total. The summed E-state index contributed by atoms with van der Waals surface area (Å²) in [7, 11) is 0. The Morgan fingerprint density at radius 3 is 2.85 bits per heavy atom. The topological polar surface area (TPSA) is 62.5 Å². The van der Waals surface area contributed by atoms with Gasteiger partial charge in [-0.1, -0.05) is 25.3 Å². The minimum atomic E-state index is 0.0451. The maximum absolute atomic E-state index is 12.7. The summed E-state index contributed by atoms with van der Waals surface area (Å²) >= 11 is 0. The Balaban J connectivity index is 1.41. The highest BCUT2D eigenvalue weighted by Crippen LogP contribution is 2.25. The standard InChI is InChI=1S/C20H29N5O/c1-15-7-5-11-18-22-23-20(25(15)18)24-12-6-10-17(14-24)19(26)21-13-16-8-3-2-4-9-16/h5,7,11,16-17H,2-4,6,8-10,12-14H2,1H3,(H,21,26). The Labute approximate surface area is 155 Å². The number of aryl methyl sites for hydroxylation is 1. The summed E-state index contributed by atoms with van der Waals surface area (Å²) in [5.41, 5.74) is 1.98. The summed E-state index contributed by atoms with van der Waals surface area (Å²) < 4.78 is 2.09. The smallest absolute Gasteiger partial charge is 0.231 e. The molecule has 1 atom stereocenters. The van der Waals surface area contributed by atoms with Crippen molar-refractivity contribution in [3.8, 4) is 0 Å². The number of rotatable bonds is 4. The number of nitrogens with one attached hydrogen (secondary N) is 1. The van der Waals surface area contributed by atoms with Gasteiger partial charge < -0.3 is 10.2 Å². The molecule has 0 bridgehead atoms. The molecule has 2 aromatic heterocycles. The number of carbonyl (C=O) groups excluding carboxylic acids is 1. The molecular formula is C20H29N5O. The van der Waals surface area contributed by atoms with Crippen molar-refractivity contribution in [2.45, 2.75) is 51.9 Å². The average Bonchev–Trinajstić information content (AvgIpc) is 3.13. The van der Waals surface area contributed by atoms with E-state index < -0.39 is 0 Å². The lowest BCUT2D eigenvalue weighted by Gasteiger charge is -2.32. The number of hydrogen-bond acceptors (Lipinski definition) is 4.